The molecule has 0 unspecified atom stereocenters. The number of nitrogens with zero attached hydrogens (tertiary/aromatic N) is 4. The van der Waals surface area contributed by atoms with Gasteiger partial charge >= 0.3 is 11.8 Å². The Kier molecular flexibility index (Phi) is 6.23. The summed E-state index contributed by atoms with van der Waals surface area (Å²) in [4.78, 5) is 55.1. The predicted octanol–water partition coefficient (Wildman–Crippen LogP) is 1.88. The number of anilines is 2. The summed E-state index contributed by atoms with van der Waals surface area (Å²) in [5.74, 6) is -5.09. The highest BCUT2D eigenvalue weighted by Crippen LogP contribution is 2.32. The zero-order valence-corrected chi connectivity index (χ0v) is 22.5. The molecule has 0 spiro atoms. The highest BCUT2D eigenvalue weighted by atomic mass is 16.3. The summed E-state index contributed by atoms with van der Waals surface area (Å²) in [6.45, 7) is 3.74. The average Bonchev–Trinajstić information content (AvgIpc) is 3.35. The van der Waals surface area contributed by atoms with Crippen molar-refractivity contribution in [2.75, 3.05) is 9.80 Å². The van der Waals surface area contributed by atoms with E-state index >= 15 is 0 Å². The molecule has 4 heterocycles. The second-order valence-corrected chi connectivity index (χ2v) is 9.91. The fraction of sp³-hybridized carbons (Fsp3) is 0.0625. The van der Waals surface area contributed by atoms with Crippen LogP contribution in [-0.2, 0) is 19.2 Å². The van der Waals surface area contributed by atoms with Gasteiger partial charge in [-0.1, -0.05) is 35.4 Å². The molecule has 0 fully saturated rings. The quantitative estimate of drug-likeness (QED) is 0.521. The van der Waals surface area contributed by atoms with Gasteiger partial charge < -0.3 is 20.0 Å². The number of hydrogen-bond donors (Lipinski definition) is 0. The van der Waals surface area contributed by atoms with Gasteiger partial charge in [0.1, 0.15) is 11.4 Å². The van der Waals surface area contributed by atoms with Crippen molar-refractivity contribution in [1.29, 1.82) is 0 Å². The second-order valence-electron chi connectivity index (χ2n) is 9.91. The predicted molar refractivity (Wildman–Crippen MR) is 149 cm³/mol. The van der Waals surface area contributed by atoms with E-state index in [0.29, 0.717) is 22.5 Å². The number of carbonyl (C=O) groups excluding carboxylic acids is 4. The summed E-state index contributed by atoms with van der Waals surface area (Å²) in [5, 5.41) is 26.1. The Morgan fingerprint density at radius 3 is 1.12 bits per heavy atom. The summed E-state index contributed by atoms with van der Waals surface area (Å²) in [6, 6.07) is 13.4. The Balaban J connectivity index is 1.22. The Bertz CT molecular complexity index is 1620. The van der Waals surface area contributed by atoms with Crippen molar-refractivity contribution >= 4 is 34.8 Å². The molecule has 0 saturated heterocycles. The van der Waals surface area contributed by atoms with Crippen LogP contribution in [0, 0.1) is 13.8 Å². The lowest BCUT2D eigenvalue weighted by Gasteiger charge is -2.27. The van der Waals surface area contributed by atoms with Gasteiger partial charge in [0.15, 0.2) is 0 Å². The lowest BCUT2D eigenvalue weighted by Crippen LogP contribution is -2.32. The first-order valence-corrected chi connectivity index (χ1v) is 12.9. The molecular weight excluding hydrogens is 536 g/mol. The SMILES string of the molecule is Cc1ccc(N2C(=O)C(=O)C(N3C=CC(=C4C=CN(C5=C([O-])N(c6ccc(C)cc6)C(=O)C5=O)C=C4)C=C3)=C2[O-])cc1. The molecule has 0 radical (unpaired) electrons. The fourth-order valence-electron chi connectivity index (χ4n) is 4.84. The van der Waals surface area contributed by atoms with Gasteiger partial charge in [-0.2, -0.15) is 0 Å². The van der Waals surface area contributed by atoms with Gasteiger partial charge in [0.2, 0.25) is 0 Å². The highest BCUT2D eigenvalue weighted by Gasteiger charge is 2.38. The summed E-state index contributed by atoms with van der Waals surface area (Å²) >= 11 is 0. The number of allylic oxidation sites excluding steroid dienone is 6. The molecule has 2 aromatic carbocycles. The van der Waals surface area contributed by atoms with E-state index in [1.165, 1.54) is 34.6 Å². The third-order valence-electron chi connectivity index (χ3n) is 7.13. The monoisotopic (exact) mass is 558 g/mol. The third kappa shape index (κ3) is 4.22. The van der Waals surface area contributed by atoms with Gasteiger partial charge in [0.25, 0.3) is 11.6 Å². The van der Waals surface area contributed by atoms with Crippen molar-refractivity contribution in [3.63, 3.8) is 0 Å². The van der Waals surface area contributed by atoms with E-state index < -0.39 is 35.1 Å². The maximum absolute atomic E-state index is 13.1. The Labute approximate surface area is 240 Å². The standard InChI is InChI=1S/C32H24N4O6/c1-19-3-7-23(8-4-19)35-29(39)25(27(37)31(35)41)33-15-11-21(12-16-33)22-13-17-34(18-14-22)26-28(38)32(42)36(30(26)40)24-9-5-20(2)6-10-24/h3-18,39-40H,1-2H3/p-2. The number of Topliss-reactive ketones (excluding diaryl/α,β-unsaturated/α-hetero) is 2. The molecule has 0 bridgehead atoms. The van der Waals surface area contributed by atoms with Gasteiger partial charge in [0.05, 0.1) is 0 Å². The molecule has 4 aliphatic rings. The average molecular weight is 559 g/mol. The third-order valence-corrected chi connectivity index (χ3v) is 7.13. The van der Waals surface area contributed by atoms with Gasteiger partial charge in [0, 0.05) is 47.9 Å². The summed E-state index contributed by atoms with van der Waals surface area (Å²) in [7, 11) is 0. The number of amides is 2. The van der Waals surface area contributed by atoms with Crippen molar-refractivity contribution in [3.8, 4) is 0 Å². The van der Waals surface area contributed by atoms with Crippen LogP contribution in [0.4, 0.5) is 11.4 Å². The van der Waals surface area contributed by atoms with E-state index in [4.69, 9.17) is 0 Å². The van der Waals surface area contributed by atoms with Gasteiger partial charge in [-0.05, 0) is 73.6 Å². The van der Waals surface area contributed by atoms with Crippen LogP contribution in [0.15, 0.2) is 132 Å². The zero-order valence-electron chi connectivity index (χ0n) is 22.5. The molecule has 0 N–H and O–H groups in total. The van der Waals surface area contributed by atoms with Crippen molar-refractivity contribution in [1.82, 2.24) is 9.80 Å². The number of ketones is 2. The minimum atomic E-state index is -0.920. The first kappa shape index (κ1) is 26.3. The van der Waals surface area contributed by atoms with Crippen LogP contribution in [0.25, 0.3) is 0 Å². The minimum Gasteiger partial charge on any atom is -0.858 e. The molecule has 208 valence electrons. The van der Waals surface area contributed by atoms with Crippen molar-refractivity contribution < 1.29 is 29.4 Å². The number of rotatable bonds is 4. The summed E-state index contributed by atoms with van der Waals surface area (Å²) < 4.78 is 0. The van der Waals surface area contributed by atoms with E-state index in [2.05, 4.69) is 0 Å². The smallest absolute Gasteiger partial charge is 0.304 e. The molecule has 0 aromatic heterocycles. The van der Waals surface area contributed by atoms with Crippen molar-refractivity contribution in [2.45, 2.75) is 13.8 Å². The molecular formula is C32H22N4O6-2. The van der Waals surface area contributed by atoms with E-state index in [1.807, 2.05) is 13.8 Å². The maximum Gasteiger partial charge on any atom is 0.304 e. The zero-order chi connectivity index (χ0) is 29.7. The normalized spacial score (nSPS) is 18.7. The first-order chi connectivity index (χ1) is 20.2. The molecule has 0 atom stereocenters. The van der Waals surface area contributed by atoms with Gasteiger partial charge in [-0.15, -0.1) is 0 Å². The number of carbonyl (C=O) groups is 4. The van der Waals surface area contributed by atoms with Crippen LogP contribution in [0.5, 0.6) is 0 Å². The largest absolute Gasteiger partial charge is 0.858 e. The minimum absolute atomic E-state index is 0.282. The van der Waals surface area contributed by atoms with Crippen LogP contribution in [0.3, 0.4) is 0 Å². The van der Waals surface area contributed by atoms with E-state index in [1.54, 1.807) is 72.8 Å². The van der Waals surface area contributed by atoms with E-state index in [0.717, 1.165) is 20.9 Å². The molecule has 10 heteroatoms. The van der Waals surface area contributed by atoms with Crippen molar-refractivity contribution in [2.24, 2.45) is 0 Å². The van der Waals surface area contributed by atoms with Gasteiger partial charge in [-0.3, -0.25) is 29.0 Å². The van der Waals surface area contributed by atoms with Crippen LogP contribution in [0.1, 0.15) is 11.1 Å². The molecule has 0 aliphatic carbocycles. The number of benzene rings is 2. The summed E-state index contributed by atoms with van der Waals surface area (Å²) in [6.07, 6.45) is 12.7. The summed E-state index contributed by atoms with van der Waals surface area (Å²) in [5.41, 5.74) is 3.36. The Morgan fingerprint density at radius 2 is 0.810 bits per heavy atom. The Hall–Kier alpha value is -5.90. The topological polar surface area (TPSA) is 127 Å². The molecule has 10 nitrogen and oxygen atoms in total. The van der Waals surface area contributed by atoms with Crippen molar-refractivity contribution in [3.05, 3.63) is 143 Å². The van der Waals surface area contributed by atoms with Gasteiger partial charge in [-0.25, -0.2) is 0 Å². The van der Waals surface area contributed by atoms with E-state index in [-0.39, 0.29) is 11.4 Å². The van der Waals surface area contributed by atoms with E-state index in [9.17, 15) is 29.4 Å². The first-order valence-electron chi connectivity index (χ1n) is 12.9. The number of hydrogen-bond acceptors (Lipinski definition) is 8. The molecule has 6 rings (SSSR count). The fourth-order valence-corrected chi connectivity index (χ4v) is 4.84. The van der Waals surface area contributed by atoms with Crippen LogP contribution in [-0.4, -0.2) is 33.2 Å². The number of aryl methyl sites for hydroxylation is 2. The molecule has 2 amide bonds. The molecule has 2 aromatic rings. The van der Waals surface area contributed by atoms with Crippen LogP contribution >= 0.6 is 0 Å². The van der Waals surface area contributed by atoms with Crippen LogP contribution in [0.2, 0.25) is 0 Å². The Morgan fingerprint density at radius 1 is 0.500 bits per heavy atom. The second kappa shape index (κ2) is 9.93. The lowest BCUT2D eigenvalue weighted by molar-refractivity contribution is -0.306. The van der Waals surface area contributed by atoms with Crippen LogP contribution < -0.4 is 20.0 Å². The molecule has 4 aliphatic heterocycles. The highest BCUT2D eigenvalue weighted by molar-refractivity contribution is 6.51. The molecule has 42 heavy (non-hydrogen) atoms. The molecule has 0 saturated carbocycles. The maximum atomic E-state index is 13.1. The lowest BCUT2D eigenvalue weighted by atomic mass is 10.0.